The molecule has 0 radical (unpaired) electrons. The van der Waals surface area contributed by atoms with Gasteiger partial charge in [0, 0.05) is 8.99 Å². The first-order valence-electron chi connectivity index (χ1n) is 9.36. The second-order valence-electron chi connectivity index (χ2n) is 7.49. The van der Waals surface area contributed by atoms with Gasteiger partial charge in [-0.2, -0.15) is 0 Å². The van der Waals surface area contributed by atoms with Crippen LogP contribution in [0.2, 0.25) is 0 Å². The largest absolute Gasteiger partial charge is 0.0829 e. The molecule has 0 bridgehead atoms. The molecule has 0 heterocycles. The summed E-state index contributed by atoms with van der Waals surface area (Å²) < 4.78 is 1.29. The van der Waals surface area contributed by atoms with Crippen molar-refractivity contribution < 1.29 is 0 Å². The molecule has 0 nitrogen and oxygen atoms in total. The van der Waals surface area contributed by atoms with Crippen molar-refractivity contribution in [2.75, 3.05) is 0 Å². The van der Waals surface area contributed by atoms with Gasteiger partial charge in [-0.05, 0) is 74.2 Å². The molecule has 0 atom stereocenters. The fourth-order valence-corrected chi connectivity index (χ4v) is 4.91. The van der Waals surface area contributed by atoms with Crippen LogP contribution in [0.4, 0.5) is 0 Å². The summed E-state index contributed by atoms with van der Waals surface area (Å²) in [6, 6.07) is 21.8. The van der Waals surface area contributed by atoms with E-state index in [1.165, 1.54) is 42.2 Å². The van der Waals surface area contributed by atoms with Gasteiger partial charge in [0.05, 0.1) is 0 Å². The molecule has 1 heteroatoms. The van der Waals surface area contributed by atoms with Crippen molar-refractivity contribution in [1.82, 2.24) is 0 Å². The first-order valence-corrected chi connectivity index (χ1v) is 10.4. The molecule has 1 aliphatic rings. The SMILES string of the molecule is C\C=C1/C(=C\C=C\c2ccc(I)c3ccccc23)c2ccccc2C1(C)C. The van der Waals surface area contributed by atoms with E-state index >= 15 is 0 Å². The number of rotatable bonds is 2. The van der Waals surface area contributed by atoms with Crippen LogP contribution in [0.25, 0.3) is 22.4 Å². The molecule has 3 aromatic rings. The first-order chi connectivity index (χ1) is 13.0. The van der Waals surface area contributed by atoms with Crippen molar-refractivity contribution in [3.63, 3.8) is 0 Å². The quantitative estimate of drug-likeness (QED) is 0.341. The summed E-state index contributed by atoms with van der Waals surface area (Å²) in [4.78, 5) is 0. The van der Waals surface area contributed by atoms with Crippen LogP contribution < -0.4 is 0 Å². The third kappa shape index (κ3) is 3.08. The molecule has 0 saturated carbocycles. The number of halogens is 1. The van der Waals surface area contributed by atoms with Gasteiger partial charge >= 0.3 is 0 Å². The van der Waals surface area contributed by atoms with E-state index in [1.54, 1.807) is 0 Å². The average Bonchev–Trinajstić information content (AvgIpc) is 2.90. The molecule has 4 rings (SSSR count). The van der Waals surface area contributed by atoms with Gasteiger partial charge in [-0.3, -0.25) is 0 Å². The molecular formula is C26H23I. The Morgan fingerprint density at radius 3 is 2.33 bits per heavy atom. The maximum absolute atomic E-state index is 2.41. The minimum absolute atomic E-state index is 0.0561. The Morgan fingerprint density at radius 1 is 0.852 bits per heavy atom. The predicted molar refractivity (Wildman–Crippen MR) is 127 cm³/mol. The van der Waals surface area contributed by atoms with E-state index in [-0.39, 0.29) is 5.41 Å². The Balaban J connectivity index is 1.79. The topological polar surface area (TPSA) is 0 Å². The van der Waals surface area contributed by atoms with Crippen LogP contribution in [0.1, 0.15) is 37.5 Å². The normalized spacial score (nSPS) is 18.7. The van der Waals surface area contributed by atoms with Crippen LogP contribution >= 0.6 is 22.6 Å². The molecular weight excluding hydrogens is 439 g/mol. The highest BCUT2D eigenvalue weighted by atomic mass is 127. The third-order valence-corrected chi connectivity index (χ3v) is 6.53. The second-order valence-corrected chi connectivity index (χ2v) is 8.66. The van der Waals surface area contributed by atoms with Crippen molar-refractivity contribution in [3.05, 3.63) is 105 Å². The zero-order valence-corrected chi connectivity index (χ0v) is 18.1. The van der Waals surface area contributed by atoms with Gasteiger partial charge in [0.15, 0.2) is 0 Å². The summed E-state index contributed by atoms with van der Waals surface area (Å²) in [6.45, 7) is 6.78. The summed E-state index contributed by atoms with van der Waals surface area (Å²) >= 11 is 2.41. The summed E-state index contributed by atoms with van der Waals surface area (Å²) in [5.41, 5.74) is 6.83. The van der Waals surface area contributed by atoms with Gasteiger partial charge in [0.25, 0.3) is 0 Å². The smallest absolute Gasteiger partial charge is 0.0209 e. The van der Waals surface area contributed by atoms with Gasteiger partial charge in [-0.15, -0.1) is 0 Å². The zero-order chi connectivity index (χ0) is 19.0. The molecule has 0 unspecified atom stereocenters. The summed E-state index contributed by atoms with van der Waals surface area (Å²) in [5, 5.41) is 2.62. The predicted octanol–water partition coefficient (Wildman–Crippen LogP) is 7.78. The molecule has 0 aliphatic heterocycles. The molecule has 27 heavy (non-hydrogen) atoms. The van der Waals surface area contributed by atoms with Crippen LogP contribution in [-0.4, -0.2) is 0 Å². The lowest BCUT2D eigenvalue weighted by atomic mass is 9.82. The van der Waals surface area contributed by atoms with Gasteiger partial charge in [-0.1, -0.05) is 92.7 Å². The molecule has 0 spiro atoms. The summed E-state index contributed by atoms with van der Waals surface area (Å²) in [6.07, 6.45) is 8.97. The highest BCUT2D eigenvalue weighted by Gasteiger charge is 2.36. The van der Waals surface area contributed by atoms with E-state index in [0.717, 1.165) is 0 Å². The highest BCUT2D eigenvalue weighted by Crippen LogP contribution is 2.49. The van der Waals surface area contributed by atoms with Crippen LogP contribution in [0.15, 0.2) is 84.5 Å². The lowest BCUT2D eigenvalue weighted by molar-refractivity contribution is 0.659. The number of allylic oxidation sites excluding steroid dienone is 5. The van der Waals surface area contributed by atoms with Crippen LogP contribution in [0, 0.1) is 3.57 Å². The Labute approximate surface area is 175 Å². The maximum atomic E-state index is 2.41. The maximum Gasteiger partial charge on any atom is 0.0209 e. The van der Waals surface area contributed by atoms with E-state index in [9.17, 15) is 0 Å². The zero-order valence-electron chi connectivity index (χ0n) is 16.0. The van der Waals surface area contributed by atoms with Gasteiger partial charge in [-0.25, -0.2) is 0 Å². The lowest BCUT2D eigenvalue weighted by Gasteiger charge is -2.21. The second kappa shape index (κ2) is 7.12. The molecule has 0 saturated heterocycles. The molecule has 0 amide bonds. The molecule has 1 aliphatic carbocycles. The van der Waals surface area contributed by atoms with Crippen LogP contribution in [0.5, 0.6) is 0 Å². The Hall–Kier alpha value is -2.13. The lowest BCUT2D eigenvalue weighted by Crippen LogP contribution is -2.14. The summed E-state index contributed by atoms with van der Waals surface area (Å²) in [7, 11) is 0. The van der Waals surface area contributed by atoms with Crippen molar-refractivity contribution in [1.29, 1.82) is 0 Å². The number of hydrogen-bond acceptors (Lipinski definition) is 0. The van der Waals surface area contributed by atoms with Gasteiger partial charge < -0.3 is 0 Å². The minimum Gasteiger partial charge on any atom is -0.0829 e. The first kappa shape index (κ1) is 18.2. The number of benzene rings is 3. The molecule has 0 aromatic heterocycles. The van der Waals surface area contributed by atoms with Gasteiger partial charge in [0.1, 0.15) is 0 Å². The standard InChI is InChI=1S/C26H23I/c1-4-23-20(21-12-7-8-15-24(21)26(23,2)3)14-9-10-18-16-17-25(27)22-13-6-5-11-19(18)22/h4-17H,1-3H3/b10-9+,20-14-,23-4+. The van der Waals surface area contributed by atoms with Crippen LogP contribution in [0.3, 0.4) is 0 Å². The average molecular weight is 462 g/mol. The van der Waals surface area contributed by atoms with E-state index in [4.69, 9.17) is 0 Å². The highest BCUT2D eigenvalue weighted by molar-refractivity contribution is 14.1. The fourth-order valence-electron chi connectivity index (χ4n) is 4.26. The number of hydrogen-bond donors (Lipinski definition) is 0. The third-order valence-electron chi connectivity index (χ3n) is 5.59. The van der Waals surface area contributed by atoms with Crippen molar-refractivity contribution in [3.8, 4) is 0 Å². The Morgan fingerprint density at radius 2 is 1.56 bits per heavy atom. The van der Waals surface area contributed by atoms with Crippen molar-refractivity contribution in [2.45, 2.75) is 26.2 Å². The van der Waals surface area contributed by atoms with Crippen LogP contribution in [-0.2, 0) is 5.41 Å². The van der Waals surface area contributed by atoms with Gasteiger partial charge in [0.2, 0.25) is 0 Å². The molecule has 3 aromatic carbocycles. The minimum atomic E-state index is 0.0561. The Bertz CT molecular complexity index is 1110. The van der Waals surface area contributed by atoms with Crippen molar-refractivity contribution >= 4 is 45.0 Å². The molecule has 0 N–H and O–H groups in total. The fraction of sp³-hybridized carbons (Fsp3) is 0.154. The van der Waals surface area contributed by atoms with E-state index in [1.807, 2.05) is 0 Å². The van der Waals surface area contributed by atoms with E-state index < -0.39 is 0 Å². The molecule has 0 fully saturated rings. The summed E-state index contributed by atoms with van der Waals surface area (Å²) in [5.74, 6) is 0. The number of fused-ring (bicyclic) bond motifs is 2. The van der Waals surface area contributed by atoms with Crippen molar-refractivity contribution in [2.24, 2.45) is 0 Å². The monoisotopic (exact) mass is 462 g/mol. The van der Waals surface area contributed by atoms with E-state index in [0.29, 0.717) is 0 Å². The Kier molecular flexibility index (Phi) is 4.81. The molecule has 134 valence electrons. The van der Waals surface area contributed by atoms with E-state index in [2.05, 4.69) is 128 Å².